The predicted octanol–water partition coefficient (Wildman–Crippen LogP) is 3.64. The van der Waals surface area contributed by atoms with E-state index in [1.807, 2.05) is 31.1 Å². The lowest BCUT2D eigenvalue weighted by Crippen LogP contribution is -2.32. The molecule has 0 saturated heterocycles. The standard InChI is InChI=1S/C20H33N3O/c1-4-6-16-9-11-18(12-10-16)21-14-17-7-5-8-19(13-17)22-20(24)15-23(2)3/h5,7-8,13,16,18,21H,4,6,9-12,14-15H2,1-3H3,(H,22,24). The Hall–Kier alpha value is -1.39. The fourth-order valence-electron chi connectivity index (χ4n) is 3.57. The topological polar surface area (TPSA) is 44.4 Å². The highest BCUT2D eigenvalue weighted by Crippen LogP contribution is 2.27. The summed E-state index contributed by atoms with van der Waals surface area (Å²) in [5.41, 5.74) is 2.11. The third-order valence-corrected chi connectivity index (χ3v) is 4.81. The van der Waals surface area contributed by atoms with Crippen LogP contribution in [0.5, 0.6) is 0 Å². The van der Waals surface area contributed by atoms with Crippen LogP contribution >= 0.6 is 0 Å². The molecule has 24 heavy (non-hydrogen) atoms. The van der Waals surface area contributed by atoms with E-state index in [-0.39, 0.29) is 5.91 Å². The smallest absolute Gasteiger partial charge is 0.238 e. The number of nitrogens with zero attached hydrogens (tertiary/aromatic N) is 1. The first-order chi connectivity index (χ1) is 11.6. The lowest BCUT2D eigenvalue weighted by atomic mass is 9.83. The number of anilines is 1. The minimum Gasteiger partial charge on any atom is -0.325 e. The quantitative estimate of drug-likeness (QED) is 0.764. The fourth-order valence-corrected chi connectivity index (χ4v) is 3.57. The van der Waals surface area contributed by atoms with Gasteiger partial charge >= 0.3 is 0 Å². The van der Waals surface area contributed by atoms with Crippen LogP contribution in [0, 0.1) is 5.92 Å². The van der Waals surface area contributed by atoms with Crippen LogP contribution in [-0.2, 0) is 11.3 Å². The molecule has 1 aromatic carbocycles. The van der Waals surface area contributed by atoms with Crippen molar-refractivity contribution in [2.45, 2.75) is 58.0 Å². The van der Waals surface area contributed by atoms with Crippen LogP contribution in [0.15, 0.2) is 24.3 Å². The molecule has 4 nitrogen and oxygen atoms in total. The van der Waals surface area contributed by atoms with Crippen LogP contribution in [0.4, 0.5) is 5.69 Å². The average molecular weight is 332 g/mol. The number of hydrogen-bond acceptors (Lipinski definition) is 3. The Morgan fingerprint density at radius 3 is 2.62 bits per heavy atom. The van der Waals surface area contributed by atoms with Crippen molar-refractivity contribution in [3.05, 3.63) is 29.8 Å². The summed E-state index contributed by atoms with van der Waals surface area (Å²) in [6, 6.07) is 8.80. The first kappa shape index (κ1) is 18.9. The van der Waals surface area contributed by atoms with E-state index in [4.69, 9.17) is 0 Å². The molecule has 0 bridgehead atoms. The fraction of sp³-hybridized carbons (Fsp3) is 0.650. The maximum Gasteiger partial charge on any atom is 0.238 e. The molecule has 1 saturated carbocycles. The molecule has 0 aromatic heterocycles. The third kappa shape index (κ3) is 6.62. The second-order valence-electron chi connectivity index (χ2n) is 7.37. The highest BCUT2D eigenvalue weighted by Gasteiger charge is 2.19. The van der Waals surface area contributed by atoms with Gasteiger partial charge in [0.25, 0.3) is 0 Å². The van der Waals surface area contributed by atoms with Crippen LogP contribution in [0.3, 0.4) is 0 Å². The zero-order chi connectivity index (χ0) is 17.4. The van der Waals surface area contributed by atoms with Gasteiger partial charge < -0.3 is 15.5 Å². The minimum atomic E-state index is 0.0272. The van der Waals surface area contributed by atoms with Gasteiger partial charge in [-0.2, -0.15) is 0 Å². The Kier molecular flexibility index (Phi) is 7.73. The summed E-state index contributed by atoms with van der Waals surface area (Å²) in [6.45, 7) is 3.57. The van der Waals surface area contributed by atoms with E-state index >= 15 is 0 Å². The highest BCUT2D eigenvalue weighted by molar-refractivity contribution is 5.92. The lowest BCUT2D eigenvalue weighted by molar-refractivity contribution is -0.116. The Balaban J connectivity index is 1.77. The summed E-state index contributed by atoms with van der Waals surface area (Å²) in [5, 5.41) is 6.66. The van der Waals surface area contributed by atoms with E-state index in [0.717, 1.165) is 18.2 Å². The molecule has 1 aliphatic rings. The van der Waals surface area contributed by atoms with Gasteiger partial charge in [-0.15, -0.1) is 0 Å². The first-order valence-electron chi connectivity index (χ1n) is 9.33. The Morgan fingerprint density at radius 2 is 1.96 bits per heavy atom. The molecule has 0 aliphatic heterocycles. The molecule has 4 heteroatoms. The van der Waals surface area contributed by atoms with Gasteiger partial charge in [0.05, 0.1) is 6.54 Å². The van der Waals surface area contributed by atoms with E-state index in [1.54, 1.807) is 0 Å². The van der Waals surface area contributed by atoms with Crippen molar-refractivity contribution in [2.24, 2.45) is 5.92 Å². The molecule has 0 spiro atoms. The van der Waals surface area contributed by atoms with Crippen LogP contribution in [0.2, 0.25) is 0 Å². The second kappa shape index (κ2) is 9.80. The summed E-state index contributed by atoms with van der Waals surface area (Å²) in [5.74, 6) is 0.975. The molecule has 0 radical (unpaired) electrons. The SMILES string of the molecule is CCCC1CCC(NCc2cccc(NC(=O)CN(C)C)c2)CC1. The lowest BCUT2D eigenvalue weighted by Gasteiger charge is -2.29. The Bertz CT molecular complexity index is 507. The van der Waals surface area contributed by atoms with Crippen molar-refractivity contribution in [3.63, 3.8) is 0 Å². The van der Waals surface area contributed by atoms with Crippen molar-refractivity contribution in [3.8, 4) is 0 Å². The minimum absolute atomic E-state index is 0.0272. The molecule has 1 aromatic rings. The van der Waals surface area contributed by atoms with Gasteiger partial charge in [-0.1, -0.05) is 31.9 Å². The van der Waals surface area contributed by atoms with Crippen molar-refractivity contribution in [1.29, 1.82) is 0 Å². The molecule has 1 fully saturated rings. The van der Waals surface area contributed by atoms with Gasteiger partial charge in [0.15, 0.2) is 0 Å². The molecule has 1 aliphatic carbocycles. The second-order valence-corrected chi connectivity index (χ2v) is 7.37. The van der Waals surface area contributed by atoms with E-state index in [2.05, 4.69) is 29.7 Å². The number of carbonyl (C=O) groups is 1. The van der Waals surface area contributed by atoms with E-state index in [1.165, 1.54) is 44.1 Å². The maximum atomic E-state index is 11.9. The highest BCUT2D eigenvalue weighted by atomic mass is 16.2. The molecular weight excluding hydrogens is 298 g/mol. The van der Waals surface area contributed by atoms with Crippen LogP contribution in [0.25, 0.3) is 0 Å². The van der Waals surface area contributed by atoms with E-state index < -0.39 is 0 Å². The van der Waals surface area contributed by atoms with E-state index in [0.29, 0.717) is 12.6 Å². The number of nitrogens with one attached hydrogen (secondary N) is 2. The van der Waals surface area contributed by atoms with Crippen molar-refractivity contribution in [2.75, 3.05) is 26.0 Å². The number of likely N-dealkylation sites (N-methyl/N-ethyl adjacent to an activating group) is 1. The number of carbonyl (C=O) groups excluding carboxylic acids is 1. The number of amides is 1. The summed E-state index contributed by atoms with van der Waals surface area (Å²) < 4.78 is 0. The number of rotatable bonds is 8. The monoisotopic (exact) mass is 331 g/mol. The summed E-state index contributed by atoms with van der Waals surface area (Å²) in [6.07, 6.45) is 8.03. The van der Waals surface area contributed by atoms with Gasteiger partial charge in [0.2, 0.25) is 5.91 Å². The third-order valence-electron chi connectivity index (χ3n) is 4.81. The van der Waals surface area contributed by atoms with Gasteiger partial charge in [-0.25, -0.2) is 0 Å². The zero-order valence-electron chi connectivity index (χ0n) is 15.5. The normalized spacial score (nSPS) is 21.0. The van der Waals surface area contributed by atoms with Crippen molar-refractivity contribution < 1.29 is 4.79 Å². The van der Waals surface area contributed by atoms with Crippen LogP contribution in [-0.4, -0.2) is 37.5 Å². The Labute approximate surface area is 147 Å². The largest absolute Gasteiger partial charge is 0.325 e. The molecule has 0 unspecified atom stereocenters. The molecule has 0 heterocycles. The summed E-state index contributed by atoms with van der Waals surface area (Å²) in [4.78, 5) is 13.7. The number of hydrogen-bond donors (Lipinski definition) is 2. The molecule has 1 amide bonds. The van der Waals surface area contributed by atoms with Gasteiger partial charge in [0.1, 0.15) is 0 Å². The van der Waals surface area contributed by atoms with Gasteiger partial charge in [-0.05, 0) is 63.4 Å². The van der Waals surface area contributed by atoms with Crippen LogP contribution in [0.1, 0.15) is 51.0 Å². The molecule has 2 rings (SSSR count). The van der Waals surface area contributed by atoms with Crippen molar-refractivity contribution in [1.82, 2.24) is 10.2 Å². The molecule has 2 N–H and O–H groups in total. The van der Waals surface area contributed by atoms with E-state index in [9.17, 15) is 4.79 Å². The zero-order valence-corrected chi connectivity index (χ0v) is 15.5. The Morgan fingerprint density at radius 1 is 1.21 bits per heavy atom. The maximum absolute atomic E-state index is 11.9. The molecule has 0 atom stereocenters. The molecule has 134 valence electrons. The molecular formula is C20H33N3O. The average Bonchev–Trinajstić information content (AvgIpc) is 2.54. The number of benzene rings is 1. The van der Waals surface area contributed by atoms with Gasteiger partial charge in [-0.3, -0.25) is 4.79 Å². The van der Waals surface area contributed by atoms with Crippen LogP contribution < -0.4 is 10.6 Å². The summed E-state index contributed by atoms with van der Waals surface area (Å²) >= 11 is 0. The van der Waals surface area contributed by atoms with Gasteiger partial charge in [0, 0.05) is 18.3 Å². The first-order valence-corrected chi connectivity index (χ1v) is 9.33. The van der Waals surface area contributed by atoms with Crippen molar-refractivity contribution >= 4 is 11.6 Å². The summed E-state index contributed by atoms with van der Waals surface area (Å²) in [7, 11) is 3.80. The predicted molar refractivity (Wildman–Crippen MR) is 101 cm³/mol.